The molecule has 0 amide bonds. The molecule has 98 valence electrons. The molecule has 0 aliphatic rings. The highest BCUT2D eigenvalue weighted by Gasteiger charge is 2.20. The number of rotatable bonds is 3. The van der Waals surface area contributed by atoms with Gasteiger partial charge < -0.3 is 8.83 Å². The second kappa shape index (κ2) is 4.74. The summed E-state index contributed by atoms with van der Waals surface area (Å²) in [6.45, 7) is 1.88. The van der Waals surface area contributed by atoms with Gasteiger partial charge in [-0.25, -0.2) is 5.43 Å². The molecule has 0 saturated carbocycles. The van der Waals surface area contributed by atoms with Crippen LogP contribution >= 0.6 is 11.6 Å². The number of halogens is 1. The van der Waals surface area contributed by atoms with Gasteiger partial charge in [0.2, 0.25) is 0 Å². The quantitative estimate of drug-likeness (QED) is 0.567. The molecule has 0 aliphatic carbocycles. The standard InChI is InChI=1S/C14H13ClN2O2/c1-8-5-6-11(18-8)13(17-16)12-7-9-3-2-4-10(15)14(9)19-12/h2-7,13,17H,16H2,1H3. The average Bonchev–Trinajstić information content (AvgIpc) is 2.98. The molecule has 3 aromatic rings. The van der Waals surface area contributed by atoms with Crippen LogP contribution in [-0.4, -0.2) is 0 Å². The fourth-order valence-electron chi connectivity index (χ4n) is 2.10. The third-order valence-electron chi connectivity index (χ3n) is 3.01. The zero-order chi connectivity index (χ0) is 13.4. The van der Waals surface area contributed by atoms with Crippen molar-refractivity contribution in [2.24, 2.45) is 5.84 Å². The van der Waals surface area contributed by atoms with Crippen LogP contribution in [0.3, 0.4) is 0 Å². The van der Waals surface area contributed by atoms with Gasteiger partial charge in [-0.3, -0.25) is 5.84 Å². The number of furan rings is 2. The number of hydrazine groups is 1. The van der Waals surface area contributed by atoms with Crippen molar-refractivity contribution in [3.05, 3.63) is 58.7 Å². The maximum atomic E-state index is 6.10. The Morgan fingerprint density at radius 3 is 2.63 bits per heavy atom. The highest BCUT2D eigenvalue weighted by Crippen LogP contribution is 2.32. The Morgan fingerprint density at radius 2 is 2.00 bits per heavy atom. The van der Waals surface area contributed by atoms with Crippen molar-refractivity contribution in [2.75, 3.05) is 0 Å². The van der Waals surface area contributed by atoms with E-state index in [0.717, 1.165) is 11.1 Å². The first-order valence-corrected chi connectivity index (χ1v) is 6.27. The lowest BCUT2D eigenvalue weighted by Gasteiger charge is -2.09. The van der Waals surface area contributed by atoms with Crippen molar-refractivity contribution in [1.82, 2.24) is 5.43 Å². The number of benzene rings is 1. The molecule has 0 spiro atoms. The summed E-state index contributed by atoms with van der Waals surface area (Å²) in [6, 6.07) is 10.9. The Morgan fingerprint density at radius 1 is 1.16 bits per heavy atom. The molecule has 4 nitrogen and oxygen atoms in total. The molecular formula is C14H13ClN2O2. The van der Waals surface area contributed by atoms with E-state index in [-0.39, 0.29) is 6.04 Å². The van der Waals surface area contributed by atoms with Crippen LogP contribution in [0.4, 0.5) is 0 Å². The van der Waals surface area contributed by atoms with E-state index >= 15 is 0 Å². The molecule has 0 radical (unpaired) electrons. The van der Waals surface area contributed by atoms with Crippen LogP contribution in [0.5, 0.6) is 0 Å². The van der Waals surface area contributed by atoms with E-state index < -0.39 is 0 Å². The molecule has 0 fully saturated rings. The lowest BCUT2D eigenvalue weighted by atomic mass is 10.1. The molecule has 1 atom stereocenters. The van der Waals surface area contributed by atoms with E-state index in [9.17, 15) is 0 Å². The third-order valence-corrected chi connectivity index (χ3v) is 3.31. The second-order valence-electron chi connectivity index (χ2n) is 4.36. The summed E-state index contributed by atoms with van der Waals surface area (Å²) in [5.74, 6) is 7.80. The van der Waals surface area contributed by atoms with Gasteiger partial charge in [0.1, 0.15) is 23.3 Å². The molecule has 0 saturated heterocycles. The van der Waals surface area contributed by atoms with Gasteiger partial charge in [-0.15, -0.1) is 0 Å². The van der Waals surface area contributed by atoms with Crippen molar-refractivity contribution in [2.45, 2.75) is 13.0 Å². The fraction of sp³-hybridized carbons (Fsp3) is 0.143. The lowest BCUT2D eigenvalue weighted by molar-refractivity contribution is 0.394. The molecule has 5 heteroatoms. The Labute approximate surface area is 115 Å². The maximum absolute atomic E-state index is 6.10. The number of nitrogens with one attached hydrogen (secondary N) is 1. The van der Waals surface area contributed by atoms with Crippen LogP contribution in [0.2, 0.25) is 5.02 Å². The minimum absolute atomic E-state index is 0.336. The van der Waals surface area contributed by atoms with E-state index in [1.54, 1.807) is 6.07 Å². The molecule has 19 heavy (non-hydrogen) atoms. The molecule has 1 aromatic carbocycles. The minimum Gasteiger partial charge on any atom is -0.464 e. The van der Waals surface area contributed by atoms with Gasteiger partial charge in [-0.1, -0.05) is 23.7 Å². The molecular weight excluding hydrogens is 264 g/mol. The minimum atomic E-state index is -0.336. The number of fused-ring (bicyclic) bond motifs is 1. The highest BCUT2D eigenvalue weighted by atomic mass is 35.5. The van der Waals surface area contributed by atoms with E-state index in [2.05, 4.69) is 5.43 Å². The number of hydrogen-bond donors (Lipinski definition) is 2. The average molecular weight is 277 g/mol. The zero-order valence-electron chi connectivity index (χ0n) is 10.3. The number of nitrogens with two attached hydrogens (primary N) is 1. The van der Waals surface area contributed by atoms with Crippen molar-refractivity contribution in [3.63, 3.8) is 0 Å². The summed E-state index contributed by atoms with van der Waals surface area (Å²) in [5.41, 5.74) is 3.35. The summed E-state index contributed by atoms with van der Waals surface area (Å²) in [4.78, 5) is 0. The summed E-state index contributed by atoms with van der Waals surface area (Å²) in [5, 5.41) is 1.51. The topological polar surface area (TPSA) is 64.3 Å². The number of para-hydroxylation sites is 1. The lowest BCUT2D eigenvalue weighted by Crippen LogP contribution is -2.28. The fourth-order valence-corrected chi connectivity index (χ4v) is 2.32. The van der Waals surface area contributed by atoms with E-state index in [0.29, 0.717) is 22.1 Å². The van der Waals surface area contributed by atoms with Gasteiger partial charge in [0.25, 0.3) is 0 Å². The van der Waals surface area contributed by atoms with E-state index in [1.165, 1.54) is 0 Å². The van der Waals surface area contributed by atoms with Crippen molar-refractivity contribution >= 4 is 22.6 Å². The second-order valence-corrected chi connectivity index (χ2v) is 4.76. The molecule has 3 N–H and O–H groups in total. The first-order chi connectivity index (χ1) is 9.19. The van der Waals surface area contributed by atoms with Gasteiger partial charge in [0.05, 0.1) is 5.02 Å². The number of hydrogen-bond acceptors (Lipinski definition) is 4. The first kappa shape index (κ1) is 12.3. The third kappa shape index (κ3) is 2.14. The van der Waals surface area contributed by atoms with Crippen LogP contribution in [0, 0.1) is 6.92 Å². The predicted molar refractivity (Wildman–Crippen MR) is 73.8 cm³/mol. The monoisotopic (exact) mass is 276 g/mol. The van der Waals surface area contributed by atoms with Crippen LogP contribution in [-0.2, 0) is 0 Å². The van der Waals surface area contributed by atoms with Crippen molar-refractivity contribution in [3.8, 4) is 0 Å². The zero-order valence-corrected chi connectivity index (χ0v) is 11.1. The summed E-state index contributed by atoms with van der Waals surface area (Å²) in [7, 11) is 0. The van der Waals surface area contributed by atoms with Gasteiger partial charge in [0, 0.05) is 5.39 Å². The summed E-state index contributed by atoms with van der Waals surface area (Å²) >= 11 is 6.10. The summed E-state index contributed by atoms with van der Waals surface area (Å²) in [6.07, 6.45) is 0. The molecule has 0 aliphatic heterocycles. The predicted octanol–water partition coefficient (Wildman–Crippen LogP) is 3.54. The highest BCUT2D eigenvalue weighted by molar-refractivity contribution is 6.34. The largest absolute Gasteiger partial charge is 0.464 e. The molecule has 3 rings (SSSR count). The van der Waals surface area contributed by atoms with Gasteiger partial charge >= 0.3 is 0 Å². The first-order valence-electron chi connectivity index (χ1n) is 5.89. The SMILES string of the molecule is Cc1ccc(C(NN)c2cc3cccc(Cl)c3o2)o1. The Bertz CT molecular complexity index is 717. The van der Waals surface area contributed by atoms with Crippen LogP contribution < -0.4 is 11.3 Å². The summed E-state index contributed by atoms with van der Waals surface area (Å²) < 4.78 is 11.4. The van der Waals surface area contributed by atoms with E-state index in [4.69, 9.17) is 26.3 Å². The Balaban J connectivity index is 2.09. The van der Waals surface area contributed by atoms with Gasteiger partial charge in [-0.05, 0) is 31.2 Å². The Kier molecular flexibility index (Phi) is 3.06. The normalized spacial score (nSPS) is 13.0. The molecule has 2 heterocycles. The molecule has 2 aromatic heterocycles. The van der Waals surface area contributed by atoms with Crippen LogP contribution in [0.1, 0.15) is 23.3 Å². The van der Waals surface area contributed by atoms with Crippen LogP contribution in [0.25, 0.3) is 11.0 Å². The van der Waals surface area contributed by atoms with Gasteiger partial charge in [0.15, 0.2) is 5.58 Å². The number of aryl methyl sites for hydroxylation is 1. The van der Waals surface area contributed by atoms with E-state index in [1.807, 2.05) is 37.3 Å². The van der Waals surface area contributed by atoms with Gasteiger partial charge in [-0.2, -0.15) is 0 Å². The molecule has 1 unspecified atom stereocenters. The van der Waals surface area contributed by atoms with Crippen LogP contribution in [0.15, 0.2) is 45.2 Å². The van der Waals surface area contributed by atoms with Crippen molar-refractivity contribution in [1.29, 1.82) is 0 Å². The Hall–Kier alpha value is -1.75. The smallest absolute Gasteiger partial charge is 0.152 e. The maximum Gasteiger partial charge on any atom is 0.152 e. The van der Waals surface area contributed by atoms with Crippen molar-refractivity contribution < 1.29 is 8.83 Å². The molecule has 0 bridgehead atoms.